The van der Waals surface area contributed by atoms with Crippen molar-refractivity contribution in [2.45, 2.75) is 24.5 Å². The van der Waals surface area contributed by atoms with Gasteiger partial charge in [-0.05, 0) is 24.6 Å². The molecule has 1 aromatic carbocycles. The topological polar surface area (TPSA) is 38.8 Å². The Balaban J connectivity index is 1.65. The molecule has 1 aromatic rings. The number of benzene rings is 1. The molecule has 1 atom stereocenters. The minimum absolute atomic E-state index is 0.0375. The molecule has 1 spiro atoms. The number of amides is 1. The number of hydrogen-bond acceptors (Lipinski definition) is 3. The standard InChI is InChI=1S/C15H17ClFNO3/c1-20-11-4-5-21-15(7-11)8-18(9-15)14(19)10-2-3-13(17)12(16)6-10/h2-3,6,11H,4-5,7-9H2,1H3/t11-/m0/s1. The number of ether oxygens (including phenoxy) is 2. The fraction of sp³-hybridized carbons (Fsp3) is 0.533. The first-order chi connectivity index (χ1) is 10.0. The van der Waals surface area contributed by atoms with Gasteiger partial charge in [-0.3, -0.25) is 4.79 Å². The summed E-state index contributed by atoms with van der Waals surface area (Å²) in [6.07, 6.45) is 1.88. The lowest BCUT2D eigenvalue weighted by atomic mass is 9.84. The summed E-state index contributed by atoms with van der Waals surface area (Å²) in [4.78, 5) is 14.0. The molecule has 6 heteroatoms. The fourth-order valence-corrected chi connectivity index (χ4v) is 3.19. The van der Waals surface area contributed by atoms with Crippen molar-refractivity contribution in [3.05, 3.63) is 34.6 Å². The van der Waals surface area contributed by atoms with E-state index in [-0.39, 0.29) is 22.6 Å². The highest BCUT2D eigenvalue weighted by Gasteiger charge is 2.49. The maximum absolute atomic E-state index is 13.1. The monoisotopic (exact) mass is 313 g/mol. The Kier molecular flexibility index (Phi) is 3.90. The molecule has 0 N–H and O–H groups in total. The van der Waals surface area contributed by atoms with Crippen molar-refractivity contribution in [1.82, 2.24) is 4.90 Å². The van der Waals surface area contributed by atoms with E-state index in [0.29, 0.717) is 25.3 Å². The molecule has 0 bridgehead atoms. The Morgan fingerprint density at radius 1 is 1.52 bits per heavy atom. The molecule has 2 aliphatic heterocycles. The van der Waals surface area contributed by atoms with Crippen LogP contribution in [0.2, 0.25) is 5.02 Å². The van der Waals surface area contributed by atoms with Crippen LogP contribution in [0.4, 0.5) is 4.39 Å². The van der Waals surface area contributed by atoms with Crippen LogP contribution in [0.1, 0.15) is 23.2 Å². The van der Waals surface area contributed by atoms with E-state index < -0.39 is 5.82 Å². The van der Waals surface area contributed by atoms with Crippen molar-refractivity contribution in [2.75, 3.05) is 26.8 Å². The zero-order valence-electron chi connectivity index (χ0n) is 11.8. The molecule has 0 unspecified atom stereocenters. The van der Waals surface area contributed by atoms with Gasteiger partial charge in [-0.2, -0.15) is 0 Å². The zero-order valence-corrected chi connectivity index (χ0v) is 12.5. The minimum atomic E-state index is -0.521. The Hall–Kier alpha value is -1.17. The van der Waals surface area contributed by atoms with Gasteiger partial charge in [-0.1, -0.05) is 11.6 Å². The third-order valence-corrected chi connectivity index (χ3v) is 4.48. The van der Waals surface area contributed by atoms with Gasteiger partial charge >= 0.3 is 0 Å². The number of likely N-dealkylation sites (tertiary alicyclic amines) is 1. The Bertz CT molecular complexity index is 560. The zero-order chi connectivity index (χ0) is 15.0. The summed E-state index contributed by atoms with van der Waals surface area (Å²) < 4.78 is 24.4. The summed E-state index contributed by atoms with van der Waals surface area (Å²) >= 11 is 5.72. The first kappa shape index (κ1) is 14.8. The van der Waals surface area contributed by atoms with E-state index in [4.69, 9.17) is 21.1 Å². The lowest BCUT2D eigenvalue weighted by Gasteiger charge is -2.52. The number of nitrogens with zero attached hydrogens (tertiary/aromatic N) is 1. The molecule has 0 saturated carbocycles. The molecule has 2 aliphatic rings. The van der Waals surface area contributed by atoms with Gasteiger partial charge in [0.25, 0.3) is 5.91 Å². The van der Waals surface area contributed by atoms with E-state index in [1.54, 1.807) is 12.0 Å². The summed E-state index contributed by atoms with van der Waals surface area (Å²) in [7, 11) is 1.70. The summed E-state index contributed by atoms with van der Waals surface area (Å²) in [6, 6.07) is 4.03. The molecule has 0 aliphatic carbocycles. The average Bonchev–Trinajstić information content (AvgIpc) is 2.47. The molecule has 2 saturated heterocycles. The van der Waals surface area contributed by atoms with Crippen molar-refractivity contribution < 1.29 is 18.7 Å². The molecule has 2 fully saturated rings. The summed E-state index contributed by atoms with van der Waals surface area (Å²) in [5, 5.41) is -0.0375. The third-order valence-electron chi connectivity index (χ3n) is 4.19. The van der Waals surface area contributed by atoms with Crippen molar-refractivity contribution in [1.29, 1.82) is 0 Å². The van der Waals surface area contributed by atoms with Crippen molar-refractivity contribution in [2.24, 2.45) is 0 Å². The Morgan fingerprint density at radius 3 is 2.95 bits per heavy atom. The molecule has 3 rings (SSSR count). The highest BCUT2D eigenvalue weighted by atomic mass is 35.5. The van der Waals surface area contributed by atoms with Gasteiger partial charge < -0.3 is 14.4 Å². The van der Waals surface area contributed by atoms with Gasteiger partial charge in [0.2, 0.25) is 0 Å². The van der Waals surface area contributed by atoms with Crippen LogP contribution < -0.4 is 0 Å². The fourth-order valence-electron chi connectivity index (χ4n) is 3.01. The second-order valence-electron chi connectivity index (χ2n) is 5.67. The van der Waals surface area contributed by atoms with Crippen LogP contribution in [0, 0.1) is 5.82 Å². The van der Waals surface area contributed by atoms with E-state index in [0.717, 1.165) is 12.8 Å². The normalized spacial score (nSPS) is 24.0. The first-order valence-corrected chi connectivity index (χ1v) is 7.32. The molecule has 21 heavy (non-hydrogen) atoms. The molecule has 2 heterocycles. The minimum Gasteiger partial charge on any atom is -0.381 e. The van der Waals surface area contributed by atoms with Crippen LogP contribution in [-0.2, 0) is 9.47 Å². The number of halogens is 2. The lowest BCUT2D eigenvalue weighted by Crippen LogP contribution is -2.67. The predicted molar refractivity (Wildman–Crippen MR) is 76.0 cm³/mol. The molecule has 4 nitrogen and oxygen atoms in total. The highest BCUT2D eigenvalue weighted by molar-refractivity contribution is 6.31. The molecule has 0 radical (unpaired) electrons. The quantitative estimate of drug-likeness (QED) is 0.842. The molecule has 0 aromatic heterocycles. The number of carbonyl (C=O) groups is 1. The van der Waals surface area contributed by atoms with E-state index in [1.807, 2.05) is 0 Å². The van der Waals surface area contributed by atoms with Gasteiger partial charge in [-0.15, -0.1) is 0 Å². The van der Waals surface area contributed by atoms with Crippen LogP contribution in [0.15, 0.2) is 18.2 Å². The maximum atomic E-state index is 13.1. The summed E-state index contributed by atoms with van der Waals surface area (Å²) in [6.45, 7) is 1.74. The number of hydrogen-bond donors (Lipinski definition) is 0. The highest BCUT2D eigenvalue weighted by Crippen LogP contribution is 2.36. The number of carbonyl (C=O) groups excluding carboxylic acids is 1. The van der Waals surface area contributed by atoms with Gasteiger partial charge in [0.15, 0.2) is 0 Å². The van der Waals surface area contributed by atoms with Crippen molar-refractivity contribution in [3.8, 4) is 0 Å². The number of methoxy groups -OCH3 is 1. The van der Waals surface area contributed by atoms with Crippen LogP contribution in [0.3, 0.4) is 0 Å². The number of rotatable bonds is 2. The van der Waals surface area contributed by atoms with E-state index in [1.165, 1.54) is 18.2 Å². The molecular formula is C15H17ClFNO3. The molecule has 1 amide bonds. The van der Waals surface area contributed by atoms with Crippen LogP contribution in [0.25, 0.3) is 0 Å². The average molecular weight is 314 g/mol. The van der Waals surface area contributed by atoms with Gasteiger partial charge in [0, 0.05) is 25.7 Å². The van der Waals surface area contributed by atoms with E-state index in [2.05, 4.69) is 0 Å². The second-order valence-corrected chi connectivity index (χ2v) is 6.08. The second kappa shape index (κ2) is 5.55. The summed E-state index contributed by atoms with van der Waals surface area (Å²) in [5.74, 6) is -0.669. The third kappa shape index (κ3) is 2.78. The van der Waals surface area contributed by atoms with E-state index in [9.17, 15) is 9.18 Å². The molecule has 114 valence electrons. The van der Waals surface area contributed by atoms with Crippen molar-refractivity contribution in [3.63, 3.8) is 0 Å². The smallest absolute Gasteiger partial charge is 0.254 e. The van der Waals surface area contributed by atoms with Gasteiger partial charge in [0.05, 0.1) is 24.2 Å². The predicted octanol–water partition coefficient (Wildman–Crippen LogP) is 2.50. The Morgan fingerprint density at radius 2 is 2.29 bits per heavy atom. The van der Waals surface area contributed by atoms with Crippen LogP contribution in [-0.4, -0.2) is 49.3 Å². The first-order valence-electron chi connectivity index (χ1n) is 6.94. The van der Waals surface area contributed by atoms with E-state index >= 15 is 0 Å². The maximum Gasteiger partial charge on any atom is 0.254 e. The van der Waals surface area contributed by atoms with Gasteiger partial charge in [-0.25, -0.2) is 4.39 Å². The summed E-state index contributed by atoms with van der Waals surface area (Å²) in [5.41, 5.74) is 0.119. The largest absolute Gasteiger partial charge is 0.381 e. The van der Waals surface area contributed by atoms with Gasteiger partial charge in [0.1, 0.15) is 11.4 Å². The SMILES string of the molecule is CO[C@H]1CCOC2(C1)CN(C(=O)c1ccc(F)c(Cl)c1)C2. The van der Waals surface area contributed by atoms with Crippen LogP contribution in [0.5, 0.6) is 0 Å². The lowest BCUT2D eigenvalue weighted by molar-refractivity contribution is -0.181. The molecular weight excluding hydrogens is 297 g/mol. The Labute approximate surface area is 127 Å². The van der Waals surface area contributed by atoms with Crippen molar-refractivity contribution >= 4 is 17.5 Å². The van der Waals surface area contributed by atoms with Crippen LogP contribution >= 0.6 is 11.6 Å².